The molecule has 0 saturated carbocycles. The van der Waals surface area contributed by atoms with Gasteiger partial charge in [0.2, 0.25) is 0 Å². The van der Waals surface area contributed by atoms with Crippen molar-refractivity contribution in [3.63, 3.8) is 0 Å². The smallest absolute Gasteiger partial charge is 0.344 e. The van der Waals surface area contributed by atoms with Gasteiger partial charge in [0.25, 0.3) is 0 Å². The van der Waals surface area contributed by atoms with Crippen molar-refractivity contribution in [3.8, 4) is 5.75 Å². The first-order valence-electron chi connectivity index (χ1n) is 5.82. The molecule has 0 saturated heterocycles. The summed E-state index contributed by atoms with van der Waals surface area (Å²) in [7, 11) is 0. The number of hydrogen-bond donors (Lipinski definition) is 0. The molecule has 4 heteroatoms. The first-order chi connectivity index (χ1) is 9.24. The fourth-order valence-electron chi connectivity index (χ4n) is 1.48. The predicted molar refractivity (Wildman–Crippen MR) is 75.9 cm³/mol. The van der Waals surface area contributed by atoms with Crippen LogP contribution in [0.1, 0.15) is 5.56 Å². The maximum atomic E-state index is 11.5. The highest BCUT2D eigenvalue weighted by Gasteiger charge is 2.04. The van der Waals surface area contributed by atoms with Crippen LogP contribution in [0.15, 0.2) is 59.1 Å². The summed E-state index contributed by atoms with van der Waals surface area (Å²) in [6.07, 6.45) is 0. The third-order valence-corrected chi connectivity index (χ3v) is 2.89. The lowest BCUT2D eigenvalue weighted by molar-refractivity contribution is -0.147. The van der Waals surface area contributed by atoms with Crippen molar-refractivity contribution in [1.82, 2.24) is 0 Å². The highest BCUT2D eigenvalue weighted by atomic mass is 79.9. The van der Waals surface area contributed by atoms with Crippen LogP contribution in [0.25, 0.3) is 0 Å². The van der Waals surface area contributed by atoms with E-state index in [4.69, 9.17) is 9.47 Å². The van der Waals surface area contributed by atoms with Crippen molar-refractivity contribution >= 4 is 21.9 Å². The molecule has 0 N–H and O–H groups in total. The van der Waals surface area contributed by atoms with Crippen LogP contribution in [-0.2, 0) is 16.1 Å². The first-order valence-corrected chi connectivity index (χ1v) is 6.61. The van der Waals surface area contributed by atoms with Crippen molar-refractivity contribution < 1.29 is 14.3 Å². The molecule has 0 atom stereocenters. The molecule has 19 heavy (non-hydrogen) atoms. The van der Waals surface area contributed by atoms with Crippen LogP contribution in [-0.4, -0.2) is 12.6 Å². The third-order valence-electron chi connectivity index (χ3n) is 2.40. The van der Waals surface area contributed by atoms with Gasteiger partial charge < -0.3 is 9.47 Å². The van der Waals surface area contributed by atoms with E-state index in [-0.39, 0.29) is 19.2 Å². The van der Waals surface area contributed by atoms with Crippen molar-refractivity contribution in [1.29, 1.82) is 0 Å². The molecule has 2 aromatic carbocycles. The van der Waals surface area contributed by atoms with Gasteiger partial charge in [-0.15, -0.1) is 0 Å². The zero-order chi connectivity index (χ0) is 13.5. The number of carbonyl (C=O) groups is 1. The molecule has 0 bridgehead atoms. The summed E-state index contributed by atoms with van der Waals surface area (Å²) in [6, 6.07) is 16.9. The monoisotopic (exact) mass is 320 g/mol. The molecule has 0 spiro atoms. The molecule has 3 nitrogen and oxygen atoms in total. The SMILES string of the molecule is O=C(COc1cccc(Br)c1)OCc1ccccc1. The van der Waals surface area contributed by atoms with Gasteiger partial charge in [0.05, 0.1) is 0 Å². The Balaban J connectivity index is 1.76. The van der Waals surface area contributed by atoms with Crippen LogP contribution in [0, 0.1) is 0 Å². The Morgan fingerprint density at radius 3 is 2.58 bits per heavy atom. The standard InChI is InChI=1S/C15H13BrO3/c16-13-7-4-8-14(9-13)18-11-15(17)19-10-12-5-2-1-3-6-12/h1-9H,10-11H2. The normalized spacial score (nSPS) is 9.95. The second kappa shape index (κ2) is 6.95. The number of hydrogen-bond acceptors (Lipinski definition) is 3. The Hall–Kier alpha value is -1.81. The van der Waals surface area contributed by atoms with Crippen LogP contribution in [0.5, 0.6) is 5.75 Å². The molecular formula is C15H13BrO3. The van der Waals surface area contributed by atoms with E-state index >= 15 is 0 Å². The summed E-state index contributed by atoms with van der Waals surface area (Å²) in [4.78, 5) is 11.5. The van der Waals surface area contributed by atoms with E-state index in [2.05, 4.69) is 15.9 Å². The summed E-state index contributed by atoms with van der Waals surface area (Å²) in [5, 5.41) is 0. The van der Waals surface area contributed by atoms with Gasteiger partial charge in [-0.05, 0) is 23.8 Å². The molecule has 0 aliphatic heterocycles. The fourth-order valence-corrected chi connectivity index (χ4v) is 1.86. The largest absolute Gasteiger partial charge is 0.482 e. The number of benzene rings is 2. The van der Waals surface area contributed by atoms with Crippen molar-refractivity contribution in [3.05, 3.63) is 64.6 Å². The average Bonchev–Trinajstić information content (AvgIpc) is 2.44. The van der Waals surface area contributed by atoms with E-state index < -0.39 is 0 Å². The Morgan fingerprint density at radius 1 is 1.05 bits per heavy atom. The van der Waals surface area contributed by atoms with Gasteiger partial charge in [0.1, 0.15) is 12.4 Å². The maximum absolute atomic E-state index is 11.5. The lowest BCUT2D eigenvalue weighted by Gasteiger charge is -2.07. The first kappa shape index (κ1) is 13.6. The molecular weight excluding hydrogens is 308 g/mol. The molecule has 0 aliphatic rings. The fraction of sp³-hybridized carbons (Fsp3) is 0.133. The lowest BCUT2D eigenvalue weighted by Crippen LogP contribution is -2.14. The number of halogens is 1. The number of esters is 1. The summed E-state index contributed by atoms with van der Waals surface area (Å²) < 4.78 is 11.3. The zero-order valence-electron chi connectivity index (χ0n) is 10.2. The van der Waals surface area contributed by atoms with Gasteiger partial charge in [-0.25, -0.2) is 4.79 Å². The van der Waals surface area contributed by atoms with Crippen molar-refractivity contribution in [2.24, 2.45) is 0 Å². The van der Waals surface area contributed by atoms with Crippen LogP contribution >= 0.6 is 15.9 Å². The van der Waals surface area contributed by atoms with Crippen LogP contribution in [0.4, 0.5) is 0 Å². The minimum absolute atomic E-state index is 0.0940. The number of carbonyl (C=O) groups excluding carboxylic acids is 1. The van der Waals surface area contributed by atoms with Crippen LogP contribution < -0.4 is 4.74 Å². The van der Waals surface area contributed by atoms with Crippen molar-refractivity contribution in [2.45, 2.75) is 6.61 Å². The molecule has 2 aromatic rings. The van der Waals surface area contributed by atoms with Crippen LogP contribution in [0.2, 0.25) is 0 Å². The molecule has 0 radical (unpaired) electrons. The second-order valence-corrected chi connectivity index (χ2v) is 4.81. The van der Waals surface area contributed by atoms with E-state index in [9.17, 15) is 4.79 Å². The van der Waals surface area contributed by atoms with Gasteiger partial charge in [0.15, 0.2) is 6.61 Å². The highest BCUT2D eigenvalue weighted by molar-refractivity contribution is 9.10. The Bertz CT molecular complexity index is 540. The topological polar surface area (TPSA) is 35.5 Å². The highest BCUT2D eigenvalue weighted by Crippen LogP contribution is 2.17. The predicted octanol–water partition coefficient (Wildman–Crippen LogP) is 3.57. The summed E-state index contributed by atoms with van der Waals surface area (Å²) in [6.45, 7) is 0.171. The lowest BCUT2D eigenvalue weighted by atomic mass is 10.2. The van der Waals surface area contributed by atoms with Gasteiger partial charge in [-0.3, -0.25) is 0 Å². The minimum Gasteiger partial charge on any atom is -0.482 e. The maximum Gasteiger partial charge on any atom is 0.344 e. The van der Waals surface area contributed by atoms with E-state index in [1.807, 2.05) is 42.5 Å². The summed E-state index contributed by atoms with van der Waals surface area (Å²) >= 11 is 3.33. The molecule has 0 aliphatic carbocycles. The summed E-state index contributed by atoms with van der Waals surface area (Å²) in [5.41, 5.74) is 0.957. The zero-order valence-corrected chi connectivity index (χ0v) is 11.8. The molecule has 0 heterocycles. The van der Waals surface area contributed by atoms with Gasteiger partial charge in [-0.2, -0.15) is 0 Å². The number of rotatable bonds is 5. The van der Waals surface area contributed by atoms with E-state index in [0.29, 0.717) is 5.75 Å². The van der Waals surface area contributed by atoms with Gasteiger partial charge >= 0.3 is 5.97 Å². The van der Waals surface area contributed by atoms with E-state index in [0.717, 1.165) is 10.0 Å². The van der Waals surface area contributed by atoms with E-state index in [1.54, 1.807) is 12.1 Å². The Morgan fingerprint density at radius 2 is 1.84 bits per heavy atom. The molecule has 0 unspecified atom stereocenters. The molecule has 0 aromatic heterocycles. The molecule has 0 amide bonds. The minimum atomic E-state index is -0.385. The quantitative estimate of drug-likeness (QED) is 0.790. The Kier molecular flexibility index (Phi) is 4.98. The molecule has 0 fully saturated rings. The van der Waals surface area contributed by atoms with E-state index in [1.165, 1.54) is 0 Å². The van der Waals surface area contributed by atoms with Crippen molar-refractivity contribution in [2.75, 3.05) is 6.61 Å². The molecule has 98 valence electrons. The average molecular weight is 321 g/mol. The number of ether oxygens (including phenoxy) is 2. The second-order valence-electron chi connectivity index (χ2n) is 3.89. The summed E-state index contributed by atoms with van der Waals surface area (Å²) in [5.74, 6) is 0.245. The Labute approximate surface area is 120 Å². The third kappa shape index (κ3) is 4.75. The van der Waals surface area contributed by atoms with Gasteiger partial charge in [0, 0.05) is 4.47 Å². The van der Waals surface area contributed by atoms with Gasteiger partial charge in [-0.1, -0.05) is 52.3 Å². The van der Waals surface area contributed by atoms with Crippen LogP contribution in [0.3, 0.4) is 0 Å². The molecule has 2 rings (SSSR count).